The molecule has 1 amide bonds. The molecule has 3 rings (SSSR count). The number of hydrogen-bond donors (Lipinski definition) is 0. The number of carbonyl (C=O) groups excluding carboxylic acids is 2. The standard InChI is InChI=1S/C22H27FN2O4/c1-2-25(16-8-4-3-5-9-16)21(26)15-28-22(27)13-12-20-24-14-19(29-20)17-10-6-7-11-18(17)23/h6-7,10-11,14,16H,2-5,8-9,12-13,15H2,1H3. The zero-order valence-corrected chi connectivity index (χ0v) is 16.7. The third-order valence-corrected chi connectivity index (χ3v) is 5.27. The van der Waals surface area contributed by atoms with E-state index in [1.165, 1.54) is 18.7 Å². The molecule has 1 heterocycles. The molecule has 156 valence electrons. The molecule has 7 heteroatoms. The van der Waals surface area contributed by atoms with E-state index in [4.69, 9.17) is 9.15 Å². The van der Waals surface area contributed by atoms with Crippen molar-refractivity contribution < 1.29 is 23.1 Å². The summed E-state index contributed by atoms with van der Waals surface area (Å²) in [6.45, 7) is 2.33. The molecule has 0 bridgehead atoms. The van der Waals surface area contributed by atoms with Crippen LogP contribution in [-0.4, -0.2) is 41.0 Å². The molecular weight excluding hydrogens is 375 g/mol. The predicted octanol–water partition coefficient (Wildman–Crippen LogP) is 4.14. The van der Waals surface area contributed by atoms with E-state index in [9.17, 15) is 14.0 Å². The van der Waals surface area contributed by atoms with Crippen molar-refractivity contribution in [3.05, 3.63) is 42.2 Å². The number of esters is 1. The second kappa shape index (κ2) is 10.2. The number of aromatic nitrogens is 1. The van der Waals surface area contributed by atoms with Gasteiger partial charge in [-0.3, -0.25) is 9.59 Å². The van der Waals surface area contributed by atoms with Crippen LogP contribution in [0.3, 0.4) is 0 Å². The van der Waals surface area contributed by atoms with Crippen LogP contribution in [0.5, 0.6) is 0 Å². The lowest BCUT2D eigenvalue weighted by molar-refractivity contribution is -0.153. The summed E-state index contributed by atoms with van der Waals surface area (Å²) in [5.41, 5.74) is 0.321. The molecule has 1 aliphatic carbocycles. The van der Waals surface area contributed by atoms with Gasteiger partial charge in [0.15, 0.2) is 18.3 Å². The first-order chi connectivity index (χ1) is 14.1. The molecule has 6 nitrogen and oxygen atoms in total. The highest BCUT2D eigenvalue weighted by atomic mass is 19.1. The molecule has 1 fully saturated rings. The van der Waals surface area contributed by atoms with Crippen molar-refractivity contribution in [2.75, 3.05) is 13.2 Å². The first-order valence-electron chi connectivity index (χ1n) is 10.2. The maximum absolute atomic E-state index is 13.8. The Balaban J connectivity index is 1.45. The van der Waals surface area contributed by atoms with Gasteiger partial charge in [0.2, 0.25) is 0 Å². The summed E-state index contributed by atoms with van der Waals surface area (Å²) in [5, 5.41) is 0. The lowest BCUT2D eigenvalue weighted by Crippen LogP contribution is -2.43. The molecule has 0 saturated heterocycles. The van der Waals surface area contributed by atoms with Crippen molar-refractivity contribution in [1.82, 2.24) is 9.88 Å². The Morgan fingerprint density at radius 1 is 1.24 bits per heavy atom. The van der Waals surface area contributed by atoms with Gasteiger partial charge < -0.3 is 14.1 Å². The minimum atomic E-state index is -0.483. The highest BCUT2D eigenvalue weighted by Crippen LogP contribution is 2.24. The van der Waals surface area contributed by atoms with E-state index < -0.39 is 11.8 Å². The minimum Gasteiger partial charge on any atom is -0.456 e. The SMILES string of the molecule is CCN(C(=O)COC(=O)CCc1ncc(-c2ccccc2F)o1)C1CCCCC1. The molecule has 1 aromatic heterocycles. The third-order valence-electron chi connectivity index (χ3n) is 5.27. The van der Waals surface area contributed by atoms with E-state index in [0.717, 1.165) is 25.7 Å². The Kier molecular flexibility index (Phi) is 7.38. The van der Waals surface area contributed by atoms with Gasteiger partial charge in [0.25, 0.3) is 5.91 Å². The Morgan fingerprint density at radius 2 is 2.00 bits per heavy atom. The summed E-state index contributed by atoms with van der Waals surface area (Å²) in [4.78, 5) is 30.4. The van der Waals surface area contributed by atoms with Gasteiger partial charge in [-0.2, -0.15) is 0 Å². The number of hydrogen-bond acceptors (Lipinski definition) is 5. The van der Waals surface area contributed by atoms with E-state index in [2.05, 4.69) is 4.98 Å². The summed E-state index contributed by atoms with van der Waals surface area (Å²) in [6.07, 6.45) is 7.23. The third kappa shape index (κ3) is 5.65. The van der Waals surface area contributed by atoms with E-state index in [1.807, 2.05) is 11.8 Å². The summed E-state index contributed by atoms with van der Waals surface area (Å²) >= 11 is 0. The van der Waals surface area contributed by atoms with Gasteiger partial charge in [0.05, 0.1) is 18.2 Å². The smallest absolute Gasteiger partial charge is 0.306 e. The van der Waals surface area contributed by atoms with E-state index in [0.29, 0.717) is 23.8 Å². The monoisotopic (exact) mass is 402 g/mol. The number of ether oxygens (including phenoxy) is 1. The molecule has 1 saturated carbocycles. The highest BCUT2D eigenvalue weighted by molar-refractivity contribution is 5.81. The van der Waals surface area contributed by atoms with Crippen LogP contribution >= 0.6 is 0 Å². The molecule has 1 aromatic carbocycles. The van der Waals surface area contributed by atoms with Crippen molar-refractivity contribution in [1.29, 1.82) is 0 Å². The molecule has 29 heavy (non-hydrogen) atoms. The average Bonchev–Trinajstić information content (AvgIpc) is 3.21. The normalized spacial score (nSPS) is 14.6. The molecule has 0 aliphatic heterocycles. The number of amides is 1. The molecule has 2 aromatic rings. The molecule has 0 spiro atoms. The number of benzene rings is 1. The Bertz CT molecular complexity index is 830. The quantitative estimate of drug-likeness (QED) is 0.621. The Labute approximate surface area is 170 Å². The number of nitrogens with zero attached hydrogens (tertiary/aromatic N) is 2. The maximum Gasteiger partial charge on any atom is 0.306 e. The zero-order chi connectivity index (χ0) is 20.6. The van der Waals surface area contributed by atoms with Crippen LogP contribution in [0.2, 0.25) is 0 Å². The lowest BCUT2D eigenvalue weighted by atomic mass is 9.94. The fourth-order valence-corrected chi connectivity index (χ4v) is 3.75. The number of carbonyl (C=O) groups is 2. The number of aryl methyl sites for hydroxylation is 1. The highest BCUT2D eigenvalue weighted by Gasteiger charge is 2.24. The number of likely N-dealkylation sites (N-methyl/N-ethyl adjacent to an activating group) is 1. The first kappa shape index (κ1) is 21.0. The second-order valence-corrected chi connectivity index (χ2v) is 7.23. The van der Waals surface area contributed by atoms with Crippen LogP contribution in [0.15, 0.2) is 34.9 Å². The number of halogens is 1. The second-order valence-electron chi connectivity index (χ2n) is 7.23. The Hall–Kier alpha value is -2.70. The average molecular weight is 402 g/mol. The first-order valence-corrected chi connectivity index (χ1v) is 10.2. The van der Waals surface area contributed by atoms with Crippen LogP contribution in [0.4, 0.5) is 4.39 Å². The van der Waals surface area contributed by atoms with Gasteiger partial charge >= 0.3 is 5.97 Å². The van der Waals surface area contributed by atoms with Crippen molar-refractivity contribution in [3.63, 3.8) is 0 Å². The van der Waals surface area contributed by atoms with Gasteiger partial charge in [-0.15, -0.1) is 0 Å². The minimum absolute atomic E-state index is 0.0417. The predicted molar refractivity (Wildman–Crippen MR) is 105 cm³/mol. The van der Waals surface area contributed by atoms with E-state index >= 15 is 0 Å². The topological polar surface area (TPSA) is 72.6 Å². The maximum atomic E-state index is 13.8. The van der Waals surface area contributed by atoms with Crippen LogP contribution < -0.4 is 0 Å². The molecule has 0 N–H and O–H groups in total. The molecule has 0 radical (unpaired) electrons. The van der Waals surface area contributed by atoms with Crippen LogP contribution in [0, 0.1) is 5.82 Å². The summed E-state index contributed by atoms with van der Waals surface area (Å²) in [5.74, 6) is -0.391. The largest absolute Gasteiger partial charge is 0.456 e. The summed E-state index contributed by atoms with van der Waals surface area (Å²) in [6, 6.07) is 6.51. The van der Waals surface area contributed by atoms with Crippen molar-refractivity contribution in [3.8, 4) is 11.3 Å². The van der Waals surface area contributed by atoms with Crippen molar-refractivity contribution in [2.24, 2.45) is 0 Å². The fourth-order valence-electron chi connectivity index (χ4n) is 3.75. The van der Waals surface area contributed by atoms with E-state index in [1.54, 1.807) is 18.2 Å². The fraction of sp³-hybridized carbons (Fsp3) is 0.500. The van der Waals surface area contributed by atoms with Crippen LogP contribution in [0.1, 0.15) is 51.3 Å². The van der Waals surface area contributed by atoms with Crippen molar-refractivity contribution >= 4 is 11.9 Å². The van der Waals surface area contributed by atoms with Crippen molar-refractivity contribution in [2.45, 2.75) is 57.9 Å². The molecule has 1 aliphatic rings. The molecular formula is C22H27FN2O4. The van der Waals surface area contributed by atoms with Gasteiger partial charge in [0, 0.05) is 19.0 Å². The van der Waals surface area contributed by atoms with E-state index in [-0.39, 0.29) is 31.4 Å². The van der Waals surface area contributed by atoms with Crippen LogP contribution in [-0.2, 0) is 20.7 Å². The van der Waals surface area contributed by atoms with Gasteiger partial charge in [-0.25, -0.2) is 9.37 Å². The summed E-state index contributed by atoms with van der Waals surface area (Å²) in [7, 11) is 0. The van der Waals surface area contributed by atoms with Gasteiger partial charge in [-0.05, 0) is 31.9 Å². The number of oxazole rings is 1. The van der Waals surface area contributed by atoms with Crippen LogP contribution in [0.25, 0.3) is 11.3 Å². The molecule has 0 atom stereocenters. The summed E-state index contributed by atoms with van der Waals surface area (Å²) < 4.78 is 24.5. The Morgan fingerprint density at radius 3 is 2.72 bits per heavy atom. The van der Waals surface area contributed by atoms with Gasteiger partial charge in [-0.1, -0.05) is 31.4 Å². The van der Waals surface area contributed by atoms with Gasteiger partial charge in [0.1, 0.15) is 5.82 Å². The lowest BCUT2D eigenvalue weighted by Gasteiger charge is -2.33. The molecule has 0 unspecified atom stereocenters. The number of rotatable bonds is 8. The zero-order valence-electron chi connectivity index (χ0n) is 16.7.